The van der Waals surface area contributed by atoms with Crippen molar-refractivity contribution in [2.45, 2.75) is 0 Å². The molecule has 1 fully saturated rings. The zero-order chi connectivity index (χ0) is 14.5. The van der Waals surface area contributed by atoms with Gasteiger partial charge in [-0.2, -0.15) is 0 Å². The molecule has 6 nitrogen and oxygen atoms in total. The summed E-state index contributed by atoms with van der Waals surface area (Å²) in [7, 11) is 0. The fourth-order valence-electron chi connectivity index (χ4n) is 1.55. The SMILES string of the molecule is O=C(CN1CSCC1=O)NNC(=O)c1ccc(F)cc1. The van der Waals surface area contributed by atoms with Crippen molar-refractivity contribution in [3.63, 3.8) is 0 Å². The number of hydrogen-bond acceptors (Lipinski definition) is 4. The monoisotopic (exact) mass is 297 g/mol. The van der Waals surface area contributed by atoms with E-state index in [1.165, 1.54) is 28.8 Å². The van der Waals surface area contributed by atoms with Gasteiger partial charge in [0.2, 0.25) is 5.91 Å². The Kier molecular flexibility index (Phi) is 4.57. The van der Waals surface area contributed by atoms with E-state index in [1.807, 2.05) is 0 Å². The van der Waals surface area contributed by atoms with E-state index in [2.05, 4.69) is 10.9 Å². The summed E-state index contributed by atoms with van der Waals surface area (Å²) in [4.78, 5) is 35.9. The second-order valence-corrected chi connectivity index (χ2v) is 5.03. The zero-order valence-electron chi connectivity index (χ0n) is 10.4. The van der Waals surface area contributed by atoms with Crippen LogP contribution in [-0.4, -0.2) is 40.8 Å². The number of nitrogens with zero attached hydrogens (tertiary/aromatic N) is 1. The van der Waals surface area contributed by atoms with Crippen molar-refractivity contribution in [2.24, 2.45) is 0 Å². The molecule has 1 aromatic rings. The number of nitrogens with one attached hydrogen (secondary N) is 2. The number of amides is 3. The maximum Gasteiger partial charge on any atom is 0.269 e. The molecule has 1 heterocycles. The smallest absolute Gasteiger partial charge is 0.269 e. The second kappa shape index (κ2) is 6.38. The normalized spacial score (nSPS) is 14.2. The number of benzene rings is 1. The Bertz CT molecular complexity index is 535. The molecule has 0 saturated carbocycles. The van der Waals surface area contributed by atoms with Crippen molar-refractivity contribution in [1.82, 2.24) is 15.8 Å². The van der Waals surface area contributed by atoms with Crippen LogP contribution in [-0.2, 0) is 9.59 Å². The lowest BCUT2D eigenvalue weighted by Crippen LogP contribution is -2.46. The van der Waals surface area contributed by atoms with Gasteiger partial charge in [-0.05, 0) is 24.3 Å². The topological polar surface area (TPSA) is 78.5 Å². The Labute approximate surface area is 118 Å². The predicted octanol–water partition coefficient (Wildman–Crippen LogP) is 0.120. The van der Waals surface area contributed by atoms with Crippen molar-refractivity contribution in [3.8, 4) is 0 Å². The summed E-state index contributed by atoms with van der Waals surface area (Å²) in [6.07, 6.45) is 0. The van der Waals surface area contributed by atoms with Crippen LogP contribution in [0, 0.1) is 5.82 Å². The highest BCUT2D eigenvalue weighted by Crippen LogP contribution is 2.13. The maximum atomic E-state index is 12.7. The van der Waals surface area contributed by atoms with Gasteiger partial charge >= 0.3 is 0 Å². The summed E-state index contributed by atoms with van der Waals surface area (Å²) in [6, 6.07) is 4.91. The summed E-state index contributed by atoms with van der Waals surface area (Å²) in [5.41, 5.74) is 4.63. The van der Waals surface area contributed by atoms with Gasteiger partial charge in [0, 0.05) is 5.56 Å². The molecule has 2 N–H and O–H groups in total. The van der Waals surface area contributed by atoms with Gasteiger partial charge in [0.15, 0.2) is 0 Å². The van der Waals surface area contributed by atoms with Gasteiger partial charge in [-0.25, -0.2) is 4.39 Å². The molecule has 0 unspecified atom stereocenters. The molecule has 0 aliphatic carbocycles. The van der Waals surface area contributed by atoms with Crippen LogP contribution in [0.1, 0.15) is 10.4 Å². The highest BCUT2D eigenvalue weighted by Gasteiger charge is 2.22. The molecule has 1 aromatic carbocycles. The van der Waals surface area contributed by atoms with Crippen LogP contribution in [0.4, 0.5) is 4.39 Å². The van der Waals surface area contributed by atoms with Crippen LogP contribution in [0.25, 0.3) is 0 Å². The molecule has 0 spiro atoms. The number of thioether (sulfide) groups is 1. The third kappa shape index (κ3) is 3.70. The van der Waals surface area contributed by atoms with Crippen LogP contribution in [0.5, 0.6) is 0 Å². The van der Waals surface area contributed by atoms with E-state index in [9.17, 15) is 18.8 Å². The molecule has 1 aliphatic heterocycles. The van der Waals surface area contributed by atoms with Crippen LogP contribution in [0.3, 0.4) is 0 Å². The number of carbonyl (C=O) groups excluding carboxylic acids is 3. The minimum Gasteiger partial charge on any atom is -0.323 e. The predicted molar refractivity (Wildman–Crippen MR) is 71.0 cm³/mol. The molecular formula is C12H12FN3O3S. The van der Waals surface area contributed by atoms with Gasteiger partial charge in [0.1, 0.15) is 12.4 Å². The van der Waals surface area contributed by atoms with E-state index >= 15 is 0 Å². The third-order valence-electron chi connectivity index (χ3n) is 2.58. The quantitative estimate of drug-likeness (QED) is 0.777. The molecule has 3 amide bonds. The highest BCUT2D eigenvalue weighted by atomic mass is 32.2. The minimum absolute atomic E-state index is 0.102. The maximum absolute atomic E-state index is 12.7. The number of rotatable bonds is 3. The number of hydrogen-bond donors (Lipinski definition) is 2. The lowest BCUT2D eigenvalue weighted by Gasteiger charge is -2.14. The fraction of sp³-hybridized carbons (Fsp3) is 0.250. The van der Waals surface area contributed by atoms with Crippen LogP contribution < -0.4 is 10.9 Å². The largest absolute Gasteiger partial charge is 0.323 e. The molecule has 20 heavy (non-hydrogen) atoms. The molecule has 0 bridgehead atoms. The lowest BCUT2D eigenvalue weighted by atomic mass is 10.2. The van der Waals surface area contributed by atoms with Crippen LogP contribution in [0.2, 0.25) is 0 Å². The average Bonchev–Trinajstić information content (AvgIpc) is 2.82. The Morgan fingerprint density at radius 2 is 1.95 bits per heavy atom. The molecule has 106 valence electrons. The van der Waals surface area contributed by atoms with Crippen molar-refractivity contribution in [2.75, 3.05) is 18.2 Å². The molecule has 0 radical (unpaired) electrons. The summed E-state index contributed by atoms with van der Waals surface area (Å²) in [6.45, 7) is -0.102. The Morgan fingerprint density at radius 1 is 1.25 bits per heavy atom. The molecule has 1 aliphatic rings. The minimum atomic E-state index is -0.555. The first-order valence-corrected chi connectivity index (χ1v) is 6.92. The second-order valence-electron chi connectivity index (χ2n) is 4.08. The van der Waals surface area contributed by atoms with E-state index < -0.39 is 17.6 Å². The van der Waals surface area contributed by atoms with E-state index in [4.69, 9.17) is 0 Å². The number of halogens is 1. The van der Waals surface area contributed by atoms with Crippen LogP contribution in [0.15, 0.2) is 24.3 Å². The first kappa shape index (κ1) is 14.3. The first-order chi connectivity index (χ1) is 9.56. The molecule has 8 heteroatoms. The zero-order valence-corrected chi connectivity index (χ0v) is 11.2. The summed E-state index contributed by atoms with van der Waals surface area (Å²) in [5, 5.41) is 0. The van der Waals surface area contributed by atoms with Crippen molar-refractivity contribution in [3.05, 3.63) is 35.6 Å². The van der Waals surface area contributed by atoms with Crippen molar-refractivity contribution in [1.29, 1.82) is 0 Å². The Balaban J connectivity index is 1.79. The van der Waals surface area contributed by atoms with Gasteiger partial charge in [0.05, 0.1) is 11.6 Å². The summed E-state index contributed by atoms with van der Waals surface area (Å²) >= 11 is 1.43. The van der Waals surface area contributed by atoms with E-state index in [-0.39, 0.29) is 18.0 Å². The number of hydrazine groups is 1. The Hall–Kier alpha value is -2.09. The van der Waals surface area contributed by atoms with Gasteiger partial charge < -0.3 is 4.90 Å². The van der Waals surface area contributed by atoms with E-state index in [0.717, 1.165) is 12.1 Å². The standard InChI is InChI=1S/C12H12FN3O3S/c13-9-3-1-8(2-4-9)12(19)15-14-10(17)5-16-7-20-6-11(16)18/h1-4H,5-7H2,(H,14,17)(H,15,19). The number of carbonyl (C=O) groups is 3. The fourth-order valence-corrected chi connectivity index (χ4v) is 2.46. The van der Waals surface area contributed by atoms with E-state index in [0.29, 0.717) is 11.6 Å². The average molecular weight is 297 g/mol. The highest BCUT2D eigenvalue weighted by molar-refractivity contribution is 8.00. The molecule has 0 aromatic heterocycles. The van der Waals surface area contributed by atoms with E-state index in [1.54, 1.807) is 0 Å². The van der Waals surface area contributed by atoms with Crippen LogP contribution >= 0.6 is 11.8 Å². The van der Waals surface area contributed by atoms with Crippen molar-refractivity contribution < 1.29 is 18.8 Å². The summed E-state index contributed by atoms with van der Waals surface area (Å²) in [5.74, 6) is -0.754. The molecule has 0 atom stereocenters. The Morgan fingerprint density at radius 3 is 2.55 bits per heavy atom. The molecule has 2 rings (SSSR count). The lowest BCUT2D eigenvalue weighted by molar-refractivity contribution is -0.132. The first-order valence-electron chi connectivity index (χ1n) is 5.76. The molecular weight excluding hydrogens is 285 g/mol. The van der Waals surface area contributed by atoms with Crippen molar-refractivity contribution >= 4 is 29.5 Å². The van der Waals surface area contributed by atoms with Gasteiger partial charge in [-0.3, -0.25) is 25.2 Å². The third-order valence-corrected chi connectivity index (χ3v) is 3.53. The van der Waals surface area contributed by atoms with Gasteiger partial charge in [-0.1, -0.05) is 0 Å². The molecule has 1 saturated heterocycles. The summed E-state index contributed by atoms with van der Waals surface area (Å²) < 4.78 is 12.7. The van der Waals surface area contributed by atoms with Gasteiger partial charge in [0.25, 0.3) is 11.8 Å². The van der Waals surface area contributed by atoms with Gasteiger partial charge in [-0.15, -0.1) is 11.8 Å².